The molecule has 0 aromatic heterocycles. The van der Waals surface area contributed by atoms with Gasteiger partial charge in [-0.2, -0.15) is 0 Å². The normalized spacial score (nSPS) is 18.7. The maximum atomic E-state index is 12.1. The van der Waals surface area contributed by atoms with Crippen molar-refractivity contribution in [3.8, 4) is 0 Å². The Hall–Kier alpha value is -1.55. The summed E-state index contributed by atoms with van der Waals surface area (Å²) in [6.45, 7) is 8.70. The molecule has 1 aliphatic rings. The van der Waals surface area contributed by atoms with Crippen molar-refractivity contribution >= 4 is 6.09 Å². The molecular weight excluding hydrogens is 290 g/mol. The first kappa shape index (κ1) is 17.8. The summed E-state index contributed by atoms with van der Waals surface area (Å²) in [6, 6.07) is 10.2. The Kier molecular flexibility index (Phi) is 6.46. The van der Waals surface area contributed by atoms with Gasteiger partial charge in [-0.05, 0) is 51.5 Å². The molecule has 0 aliphatic carbocycles. The average molecular weight is 319 g/mol. The lowest BCUT2D eigenvalue weighted by Crippen LogP contribution is -2.43. The minimum Gasteiger partial charge on any atom is -0.444 e. The molecule has 1 saturated heterocycles. The summed E-state index contributed by atoms with van der Waals surface area (Å²) in [5.41, 5.74) is 0.773. The van der Waals surface area contributed by atoms with Crippen LogP contribution in [-0.2, 0) is 16.1 Å². The zero-order valence-corrected chi connectivity index (χ0v) is 14.6. The third kappa shape index (κ3) is 6.61. The minimum absolute atomic E-state index is 0.188. The molecule has 1 amide bonds. The SMILES string of the molecule is CC(C)(C)OC(=O)N1CCCC(CCOCc2ccccc2)C1. The van der Waals surface area contributed by atoms with Crippen molar-refractivity contribution in [2.45, 2.75) is 52.2 Å². The highest BCUT2D eigenvalue weighted by Crippen LogP contribution is 2.21. The monoisotopic (exact) mass is 319 g/mol. The lowest BCUT2D eigenvalue weighted by molar-refractivity contribution is 0.0136. The van der Waals surface area contributed by atoms with Crippen LogP contribution in [0.1, 0.15) is 45.6 Å². The molecular formula is C19H29NO3. The van der Waals surface area contributed by atoms with E-state index in [2.05, 4.69) is 12.1 Å². The third-order valence-corrected chi connectivity index (χ3v) is 3.95. The van der Waals surface area contributed by atoms with Crippen molar-refractivity contribution in [2.75, 3.05) is 19.7 Å². The van der Waals surface area contributed by atoms with Gasteiger partial charge in [-0.25, -0.2) is 4.79 Å². The molecule has 1 aliphatic heterocycles. The number of ether oxygens (including phenoxy) is 2. The summed E-state index contributed by atoms with van der Waals surface area (Å²) in [6.07, 6.45) is 3.01. The predicted molar refractivity (Wildman–Crippen MR) is 91.2 cm³/mol. The second-order valence-corrected chi connectivity index (χ2v) is 7.26. The minimum atomic E-state index is -0.428. The highest BCUT2D eigenvalue weighted by Gasteiger charge is 2.27. The number of benzene rings is 1. The molecule has 1 unspecified atom stereocenters. The Balaban J connectivity index is 1.68. The number of nitrogens with zero attached hydrogens (tertiary/aromatic N) is 1. The van der Waals surface area contributed by atoms with Gasteiger partial charge in [0.25, 0.3) is 0 Å². The van der Waals surface area contributed by atoms with Gasteiger partial charge in [0.2, 0.25) is 0 Å². The molecule has 0 radical (unpaired) electrons. The fraction of sp³-hybridized carbons (Fsp3) is 0.632. The summed E-state index contributed by atoms with van der Waals surface area (Å²) in [4.78, 5) is 14.0. The smallest absolute Gasteiger partial charge is 0.410 e. The number of likely N-dealkylation sites (tertiary alicyclic amines) is 1. The molecule has 1 aromatic rings. The van der Waals surface area contributed by atoms with Gasteiger partial charge in [-0.1, -0.05) is 30.3 Å². The van der Waals surface area contributed by atoms with Crippen molar-refractivity contribution in [3.05, 3.63) is 35.9 Å². The van der Waals surface area contributed by atoms with Gasteiger partial charge >= 0.3 is 6.09 Å². The van der Waals surface area contributed by atoms with E-state index in [1.54, 1.807) is 0 Å². The van der Waals surface area contributed by atoms with E-state index < -0.39 is 5.60 Å². The van der Waals surface area contributed by atoms with Gasteiger partial charge in [0.1, 0.15) is 5.60 Å². The first-order chi connectivity index (χ1) is 10.9. The number of rotatable bonds is 5. The lowest BCUT2D eigenvalue weighted by atomic mass is 9.95. The van der Waals surface area contributed by atoms with Crippen LogP contribution in [0.3, 0.4) is 0 Å². The molecule has 1 fully saturated rings. The van der Waals surface area contributed by atoms with Gasteiger partial charge in [0.05, 0.1) is 6.61 Å². The molecule has 0 spiro atoms. The summed E-state index contributed by atoms with van der Waals surface area (Å²) in [5.74, 6) is 0.507. The van der Waals surface area contributed by atoms with Crippen LogP contribution < -0.4 is 0 Å². The van der Waals surface area contributed by atoms with E-state index >= 15 is 0 Å². The van der Waals surface area contributed by atoms with Crippen molar-refractivity contribution in [1.82, 2.24) is 4.90 Å². The molecule has 2 rings (SSSR count). The average Bonchev–Trinajstić information content (AvgIpc) is 2.51. The van der Waals surface area contributed by atoms with E-state index in [9.17, 15) is 4.79 Å². The van der Waals surface area contributed by atoms with E-state index in [0.29, 0.717) is 12.5 Å². The third-order valence-electron chi connectivity index (χ3n) is 3.95. The molecule has 128 valence electrons. The van der Waals surface area contributed by atoms with Crippen LogP contribution in [0.4, 0.5) is 4.79 Å². The maximum absolute atomic E-state index is 12.1. The first-order valence-electron chi connectivity index (χ1n) is 8.53. The number of hydrogen-bond donors (Lipinski definition) is 0. The van der Waals surface area contributed by atoms with Crippen LogP contribution in [0.2, 0.25) is 0 Å². The molecule has 4 nitrogen and oxygen atoms in total. The quantitative estimate of drug-likeness (QED) is 0.762. The van der Waals surface area contributed by atoms with Crippen LogP contribution in [0.5, 0.6) is 0 Å². The zero-order chi connectivity index (χ0) is 16.7. The Labute approximate surface area is 139 Å². The fourth-order valence-electron chi connectivity index (χ4n) is 2.81. The molecule has 1 aromatic carbocycles. The molecule has 1 atom stereocenters. The number of carbonyl (C=O) groups is 1. The molecule has 0 saturated carbocycles. The van der Waals surface area contributed by atoms with E-state index in [1.807, 2.05) is 43.9 Å². The van der Waals surface area contributed by atoms with Crippen molar-refractivity contribution < 1.29 is 14.3 Å². The summed E-state index contributed by atoms with van der Waals surface area (Å²) >= 11 is 0. The van der Waals surface area contributed by atoms with Gasteiger partial charge in [0, 0.05) is 19.7 Å². The van der Waals surface area contributed by atoms with E-state index in [1.165, 1.54) is 5.56 Å². The van der Waals surface area contributed by atoms with E-state index in [4.69, 9.17) is 9.47 Å². The summed E-state index contributed by atoms with van der Waals surface area (Å²) < 4.78 is 11.2. The standard InChI is InChI=1S/C19H29NO3/c1-19(2,3)23-18(21)20-12-7-10-16(14-20)11-13-22-15-17-8-5-4-6-9-17/h4-6,8-9,16H,7,10-15H2,1-3H3. The predicted octanol–water partition coefficient (Wildman–Crippen LogP) is 4.24. The van der Waals surface area contributed by atoms with Crippen LogP contribution >= 0.6 is 0 Å². The van der Waals surface area contributed by atoms with Gasteiger partial charge < -0.3 is 14.4 Å². The van der Waals surface area contributed by atoms with E-state index in [-0.39, 0.29) is 6.09 Å². The highest BCUT2D eigenvalue weighted by molar-refractivity contribution is 5.68. The summed E-state index contributed by atoms with van der Waals surface area (Å²) in [7, 11) is 0. The Bertz CT molecular complexity index is 481. The molecule has 4 heteroatoms. The Morgan fingerprint density at radius 3 is 2.70 bits per heavy atom. The van der Waals surface area contributed by atoms with Gasteiger partial charge in [-0.15, -0.1) is 0 Å². The topological polar surface area (TPSA) is 38.8 Å². The second kappa shape index (κ2) is 8.34. The number of hydrogen-bond acceptors (Lipinski definition) is 3. The number of amides is 1. The van der Waals surface area contributed by atoms with Crippen LogP contribution in [0, 0.1) is 5.92 Å². The Morgan fingerprint density at radius 1 is 1.26 bits per heavy atom. The fourth-order valence-corrected chi connectivity index (χ4v) is 2.81. The molecule has 1 heterocycles. The van der Waals surface area contributed by atoms with Crippen LogP contribution in [0.25, 0.3) is 0 Å². The van der Waals surface area contributed by atoms with E-state index in [0.717, 1.165) is 39.0 Å². The summed E-state index contributed by atoms with van der Waals surface area (Å²) in [5, 5.41) is 0. The van der Waals surface area contributed by atoms with Crippen molar-refractivity contribution in [3.63, 3.8) is 0 Å². The lowest BCUT2D eigenvalue weighted by Gasteiger charge is -2.34. The van der Waals surface area contributed by atoms with Crippen molar-refractivity contribution in [1.29, 1.82) is 0 Å². The zero-order valence-electron chi connectivity index (χ0n) is 14.6. The molecule has 0 bridgehead atoms. The largest absolute Gasteiger partial charge is 0.444 e. The maximum Gasteiger partial charge on any atom is 0.410 e. The van der Waals surface area contributed by atoms with Gasteiger partial charge in [-0.3, -0.25) is 0 Å². The number of piperidine rings is 1. The van der Waals surface area contributed by atoms with Crippen molar-refractivity contribution in [2.24, 2.45) is 5.92 Å². The van der Waals surface area contributed by atoms with Gasteiger partial charge in [0.15, 0.2) is 0 Å². The van der Waals surface area contributed by atoms with Crippen LogP contribution in [-0.4, -0.2) is 36.3 Å². The molecule has 0 N–H and O–H groups in total. The Morgan fingerprint density at radius 2 is 2.00 bits per heavy atom. The second-order valence-electron chi connectivity index (χ2n) is 7.26. The highest BCUT2D eigenvalue weighted by atomic mass is 16.6. The first-order valence-corrected chi connectivity index (χ1v) is 8.53. The van der Waals surface area contributed by atoms with Crippen LogP contribution in [0.15, 0.2) is 30.3 Å². The number of carbonyl (C=O) groups excluding carboxylic acids is 1. The molecule has 23 heavy (non-hydrogen) atoms.